The van der Waals surface area contributed by atoms with Gasteiger partial charge in [0, 0.05) is 17.6 Å². The average molecular weight is 415 g/mol. The molecule has 0 spiro atoms. The van der Waals surface area contributed by atoms with Crippen molar-refractivity contribution in [1.29, 1.82) is 0 Å². The van der Waals surface area contributed by atoms with Crippen molar-refractivity contribution in [3.8, 4) is 0 Å². The van der Waals surface area contributed by atoms with Gasteiger partial charge >= 0.3 is 0 Å². The molecule has 156 valence electrons. The van der Waals surface area contributed by atoms with Gasteiger partial charge in [-0.05, 0) is 56.9 Å². The first-order valence-electron chi connectivity index (χ1n) is 10.1. The van der Waals surface area contributed by atoms with Crippen molar-refractivity contribution >= 4 is 23.4 Å². The highest BCUT2D eigenvalue weighted by Crippen LogP contribution is 2.20. The first kappa shape index (κ1) is 23.0. The van der Waals surface area contributed by atoms with Gasteiger partial charge in [0.25, 0.3) is 0 Å². The van der Waals surface area contributed by atoms with E-state index in [0.717, 1.165) is 28.7 Å². The van der Waals surface area contributed by atoms with Crippen LogP contribution in [0.4, 0.5) is 0 Å². The Bertz CT molecular complexity index is 866. The second-order valence-corrected chi connectivity index (χ2v) is 8.12. The molecule has 2 rings (SSSR count). The zero-order valence-corrected chi connectivity index (χ0v) is 18.7. The zero-order chi connectivity index (χ0) is 21.6. The summed E-state index contributed by atoms with van der Waals surface area (Å²) in [6, 6.07) is 13.0. The Hall–Kier alpha value is -2.33. The summed E-state index contributed by atoms with van der Waals surface area (Å²) in [5.41, 5.74) is 3.98. The predicted octanol–water partition coefficient (Wildman–Crippen LogP) is 4.83. The Balaban J connectivity index is 2.29. The molecule has 1 N–H and O–H groups in total. The fourth-order valence-corrected chi connectivity index (χ4v) is 3.31. The Morgan fingerprint density at radius 1 is 1.07 bits per heavy atom. The Kier molecular flexibility index (Phi) is 8.27. The number of hydrogen-bond donors (Lipinski definition) is 1. The molecule has 29 heavy (non-hydrogen) atoms. The fourth-order valence-electron chi connectivity index (χ4n) is 3.11. The van der Waals surface area contributed by atoms with E-state index in [2.05, 4.69) is 5.32 Å². The highest BCUT2D eigenvalue weighted by molar-refractivity contribution is 6.31. The number of rotatable bonds is 8. The molecular weight excluding hydrogens is 384 g/mol. The van der Waals surface area contributed by atoms with Crippen LogP contribution in [0.25, 0.3) is 0 Å². The quantitative estimate of drug-likeness (QED) is 0.672. The van der Waals surface area contributed by atoms with Crippen molar-refractivity contribution in [2.75, 3.05) is 0 Å². The molecule has 0 saturated carbocycles. The second-order valence-electron chi connectivity index (χ2n) is 7.71. The highest BCUT2D eigenvalue weighted by Gasteiger charge is 2.27. The molecule has 2 amide bonds. The van der Waals surface area contributed by atoms with Gasteiger partial charge in [0.2, 0.25) is 11.8 Å². The molecule has 0 aliphatic carbocycles. The standard InChI is InChI=1S/C24H31ClN2O2/c1-6-18(4)26-24(29)19(5)27(15-20-9-7-8-10-22(20)25)23(28)14-21-13-16(2)11-12-17(21)3/h7-13,18-19H,6,14-15H2,1-5H3,(H,26,29)/t18-,19-/m1/s1. The van der Waals surface area contributed by atoms with Gasteiger partial charge in [0.1, 0.15) is 6.04 Å². The van der Waals surface area contributed by atoms with Gasteiger partial charge < -0.3 is 10.2 Å². The van der Waals surface area contributed by atoms with Gasteiger partial charge in [-0.3, -0.25) is 9.59 Å². The number of carbonyl (C=O) groups is 2. The van der Waals surface area contributed by atoms with E-state index in [1.54, 1.807) is 17.9 Å². The molecule has 0 bridgehead atoms. The summed E-state index contributed by atoms with van der Waals surface area (Å²) in [5, 5.41) is 3.57. The summed E-state index contributed by atoms with van der Waals surface area (Å²) in [5.74, 6) is -0.244. The van der Waals surface area contributed by atoms with Gasteiger partial charge in [-0.1, -0.05) is 60.5 Å². The van der Waals surface area contributed by atoms with Crippen molar-refractivity contribution in [3.05, 3.63) is 69.7 Å². The molecule has 2 aromatic carbocycles. The van der Waals surface area contributed by atoms with Crippen LogP contribution >= 0.6 is 11.6 Å². The van der Waals surface area contributed by atoms with Crippen LogP contribution in [0.5, 0.6) is 0 Å². The third kappa shape index (κ3) is 6.33. The van der Waals surface area contributed by atoms with Crippen molar-refractivity contribution in [2.45, 2.75) is 66.1 Å². The monoisotopic (exact) mass is 414 g/mol. The molecule has 4 nitrogen and oxygen atoms in total. The molecule has 0 fully saturated rings. The van der Waals surface area contributed by atoms with Crippen molar-refractivity contribution in [3.63, 3.8) is 0 Å². The smallest absolute Gasteiger partial charge is 0.242 e. The minimum Gasteiger partial charge on any atom is -0.352 e. The van der Waals surface area contributed by atoms with Crippen molar-refractivity contribution in [2.24, 2.45) is 0 Å². The number of carbonyl (C=O) groups excluding carboxylic acids is 2. The van der Waals surface area contributed by atoms with Crippen LogP contribution in [-0.4, -0.2) is 28.8 Å². The number of halogens is 1. The first-order valence-corrected chi connectivity index (χ1v) is 10.5. The molecule has 0 heterocycles. The van der Waals surface area contributed by atoms with E-state index in [4.69, 9.17) is 11.6 Å². The van der Waals surface area contributed by atoms with Gasteiger partial charge in [-0.2, -0.15) is 0 Å². The summed E-state index contributed by atoms with van der Waals surface area (Å²) in [4.78, 5) is 27.7. The maximum absolute atomic E-state index is 13.3. The fraction of sp³-hybridized carbons (Fsp3) is 0.417. The van der Waals surface area contributed by atoms with E-state index in [-0.39, 0.29) is 24.3 Å². The minimum absolute atomic E-state index is 0.0567. The lowest BCUT2D eigenvalue weighted by Gasteiger charge is -2.30. The van der Waals surface area contributed by atoms with Crippen molar-refractivity contribution < 1.29 is 9.59 Å². The summed E-state index contributed by atoms with van der Waals surface area (Å²) in [7, 11) is 0. The first-order chi connectivity index (χ1) is 13.7. The van der Waals surface area contributed by atoms with Gasteiger partial charge in [0.15, 0.2) is 0 Å². The third-order valence-electron chi connectivity index (χ3n) is 5.31. The molecule has 5 heteroatoms. The largest absolute Gasteiger partial charge is 0.352 e. The SMILES string of the molecule is CC[C@@H](C)NC(=O)[C@@H](C)N(Cc1ccccc1Cl)C(=O)Cc1cc(C)ccc1C. The summed E-state index contributed by atoms with van der Waals surface area (Å²) in [6.07, 6.45) is 1.08. The lowest BCUT2D eigenvalue weighted by molar-refractivity contribution is -0.140. The average Bonchev–Trinajstić information content (AvgIpc) is 2.69. The topological polar surface area (TPSA) is 49.4 Å². The molecular formula is C24H31ClN2O2. The van der Waals surface area contributed by atoms with E-state index >= 15 is 0 Å². The Morgan fingerprint density at radius 3 is 2.41 bits per heavy atom. The molecule has 0 saturated heterocycles. The number of benzene rings is 2. The third-order valence-corrected chi connectivity index (χ3v) is 5.68. The molecule has 0 radical (unpaired) electrons. The minimum atomic E-state index is -0.599. The second kappa shape index (κ2) is 10.4. The number of hydrogen-bond acceptors (Lipinski definition) is 2. The van der Waals surface area contributed by atoms with Crippen molar-refractivity contribution in [1.82, 2.24) is 10.2 Å². The van der Waals surface area contributed by atoms with Gasteiger partial charge in [-0.25, -0.2) is 0 Å². The zero-order valence-electron chi connectivity index (χ0n) is 18.0. The molecule has 0 aliphatic rings. The summed E-state index contributed by atoms with van der Waals surface area (Å²) < 4.78 is 0. The normalized spacial score (nSPS) is 12.9. The number of nitrogens with zero attached hydrogens (tertiary/aromatic N) is 1. The number of amides is 2. The van der Waals surface area contributed by atoms with Crippen LogP contribution in [-0.2, 0) is 22.6 Å². The van der Waals surface area contributed by atoms with Crippen LogP contribution in [0.2, 0.25) is 5.02 Å². The van der Waals surface area contributed by atoms with E-state index in [0.29, 0.717) is 11.6 Å². The van der Waals surface area contributed by atoms with Crippen LogP contribution < -0.4 is 5.32 Å². The van der Waals surface area contributed by atoms with Gasteiger partial charge in [-0.15, -0.1) is 0 Å². The lowest BCUT2D eigenvalue weighted by Crippen LogP contribution is -2.50. The summed E-state index contributed by atoms with van der Waals surface area (Å²) >= 11 is 6.33. The molecule has 0 aliphatic heterocycles. The van der Waals surface area contributed by atoms with E-state index in [1.807, 2.05) is 64.1 Å². The van der Waals surface area contributed by atoms with Crippen LogP contribution in [0.1, 0.15) is 49.4 Å². The number of aryl methyl sites for hydroxylation is 2. The molecule has 2 aromatic rings. The van der Waals surface area contributed by atoms with E-state index < -0.39 is 6.04 Å². The Labute approximate surface area is 179 Å². The number of nitrogens with one attached hydrogen (secondary N) is 1. The van der Waals surface area contributed by atoms with Crippen LogP contribution in [0.3, 0.4) is 0 Å². The molecule has 0 aromatic heterocycles. The van der Waals surface area contributed by atoms with Crippen LogP contribution in [0, 0.1) is 13.8 Å². The predicted molar refractivity (Wildman–Crippen MR) is 119 cm³/mol. The van der Waals surface area contributed by atoms with E-state index in [1.165, 1.54) is 0 Å². The van der Waals surface area contributed by atoms with Crippen LogP contribution in [0.15, 0.2) is 42.5 Å². The maximum Gasteiger partial charge on any atom is 0.242 e. The van der Waals surface area contributed by atoms with E-state index in [9.17, 15) is 9.59 Å². The maximum atomic E-state index is 13.3. The summed E-state index contributed by atoms with van der Waals surface area (Å²) in [6.45, 7) is 10.1. The highest BCUT2D eigenvalue weighted by atomic mass is 35.5. The van der Waals surface area contributed by atoms with Gasteiger partial charge in [0.05, 0.1) is 6.42 Å². The molecule has 0 unspecified atom stereocenters. The lowest BCUT2D eigenvalue weighted by atomic mass is 10.0. The Morgan fingerprint density at radius 2 is 1.76 bits per heavy atom. The molecule has 2 atom stereocenters.